The van der Waals surface area contributed by atoms with E-state index in [1.807, 2.05) is 6.07 Å². The molecule has 0 amide bonds. The monoisotopic (exact) mass is 552 g/mol. The number of hydrogen-bond donors (Lipinski definition) is 0. The molecule has 0 atom stereocenters. The largest absolute Gasteiger partial charge is 1.00 e. The van der Waals surface area contributed by atoms with Crippen LogP contribution in [0.1, 0.15) is 25.0 Å². The van der Waals surface area contributed by atoms with Crippen LogP contribution in [0, 0.1) is 0 Å². The molecule has 0 fully saturated rings. The van der Waals surface area contributed by atoms with Gasteiger partial charge in [-0.25, -0.2) is 0 Å². The van der Waals surface area contributed by atoms with Crippen LogP contribution in [0.2, 0.25) is 0 Å². The van der Waals surface area contributed by atoms with Crippen LogP contribution in [0.15, 0.2) is 115 Å². The quantitative estimate of drug-likeness (QED) is 0.253. The molecule has 4 aromatic rings. The van der Waals surface area contributed by atoms with Crippen molar-refractivity contribution in [1.82, 2.24) is 0 Å². The summed E-state index contributed by atoms with van der Waals surface area (Å²) in [5.41, 5.74) is 2.03. The fraction of sp³-hybridized carbons (Fsp3) is 0.172. The minimum Gasteiger partial charge on any atom is -1.00 e. The molecule has 0 aliphatic heterocycles. The highest BCUT2D eigenvalue weighted by Crippen LogP contribution is 2.53. The Kier molecular flexibility index (Phi) is 8.27. The summed E-state index contributed by atoms with van der Waals surface area (Å²) in [6.07, 6.45) is 0. The summed E-state index contributed by atoms with van der Waals surface area (Å²) in [5, 5.41) is 4.14. The van der Waals surface area contributed by atoms with Gasteiger partial charge in [0.1, 0.15) is 23.2 Å². The third-order valence-corrected chi connectivity index (χ3v) is 10.0. The summed E-state index contributed by atoms with van der Waals surface area (Å²) in [6, 6.07) is 41.1. The molecule has 0 saturated heterocycles. The van der Waals surface area contributed by atoms with Gasteiger partial charge in [0.05, 0.1) is 18.9 Å². The summed E-state index contributed by atoms with van der Waals surface area (Å²) in [5.74, 6) is 0. The molecular formula is C29H30IOP. The molecule has 0 aliphatic carbocycles. The van der Waals surface area contributed by atoms with Crippen molar-refractivity contribution in [2.24, 2.45) is 0 Å². The smallest absolute Gasteiger partial charge is 0.110 e. The average molecular weight is 552 g/mol. The number of rotatable bonds is 7. The predicted octanol–water partition coefficient (Wildman–Crippen LogP) is 3.07. The van der Waals surface area contributed by atoms with E-state index in [1.54, 1.807) is 0 Å². The van der Waals surface area contributed by atoms with Crippen molar-refractivity contribution in [3.05, 3.63) is 126 Å². The van der Waals surface area contributed by atoms with E-state index in [2.05, 4.69) is 130 Å². The Morgan fingerprint density at radius 2 is 1.06 bits per heavy atom. The summed E-state index contributed by atoms with van der Waals surface area (Å²) in [6.45, 7) is 7.40. The van der Waals surface area contributed by atoms with Crippen LogP contribution >= 0.6 is 7.26 Å². The van der Waals surface area contributed by atoms with Crippen LogP contribution < -0.4 is 39.9 Å². The van der Waals surface area contributed by atoms with E-state index < -0.39 is 12.9 Å². The van der Waals surface area contributed by atoms with Crippen LogP contribution in [0.4, 0.5) is 0 Å². The van der Waals surface area contributed by atoms with Crippen LogP contribution in [-0.2, 0) is 16.9 Å². The van der Waals surface area contributed by atoms with Crippen molar-refractivity contribution >= 4 is 23.2 Å². The van der Waals surface area contributed by atoms with E-state index in [9.17, 15) is 0 Å². The predicted molar refractivity (Wildman–Crippen MR) is 135 cm³/mol. The molecule has 1 nitrogen and oxygen atoms in total. The van der Waals surface area contributed by atoms with Crippen molar-refractivity contribution in [2.75, 3.05) is 6.66 Å². The van der Waals surface area contributed by atoms with Crippen LogP contribution in [0.25, 0.3) is 0 Å². The van der Waals surface area contributed by atoms with Gasteiger partial charge in [-0.1, -0.05) is 84.9 Å². The van der Waals surface area contributed by atoms with E-state index in [0.29, 0.717) is 6.61 Å². The van der Waals surface area contributed by atoms with Gasteiger partial charge in [-0.05, 0) is 49.7 Å². The van der Waals surface area contributed by atoms with E-state index in [0.717, 1.165) is 0 Å². The lowest BCUT2D eigenvalue weighted by molar-refractivity contribution is -0.0329. The van der Waals surface area contributed by atoms with Gasteiger partial charge in [-0.2, -0.15) is 0 Å². The molecule has 0 aromatic heterocycles. The Hall–Kier alpha value is -2.00. The van der Waals surface area contributed by atoms with Gasteiger partial charge < -0.3 is 28.7 Å². The lowest BCUT2D eigenvalue weighted by Crippen LogP contribution is -3.00. The van der Waals surface area contributed by atoms with Gasteiger partial charge in [-0.3, -0.25) is 0 Å². The summed E-state index contributed by atoms with van der Waals surface area (Å²) >= 11 is 0. The molecule has 0 N–H and O–H groups in total. The maximum absolute atomic E-state index is 6.53. The lowest BCUT2D eigenvalue weighted by atomic mass is 9.98. The second-order valence-electron chi connectivity index (χ2n) is 8.48. The van der Waals surface area contributed by atoms with Crippen LogP contribution in [0.3, 0.4) is 0 Å². The first-order valence-electron chi connectivity index (χ1n) is 10.8. The van der Waals surface area contributed by atoms with Gasteiger partial charge in [-0.15, -0.1) is 0 Å². The summed E-state index contributed by atoms with van der Waals surface area (Å²) < 4.78 is 6.53. The molecule has 32 heavy (non-hydrogen) atoms. The van der Waals surface area contributed by atoms with E-state index in [1.165, 1.54) is 27.0 Å². The van der Waals surface area contributed by atoms with Gasteiger partial charge >= 0.3 is 0 Å². The second-order valence-corrected chi connectivity index (χ2v) is 12.0. The zero-order valence-electron chi connectivity index (χ0n) is 18.9. The molecule has 3 heteroatoms. The van der Waals surface area contributed by atoms with E-state index in [4.69, 9.17) is 4.74 Å². The molecule has 0 heterocycles. The molecule has 4 rings (SSSR count). The van der Waals surface area contributed by atoms with Crippen LogP contribution in [0.5, 0.6) is 0 Å². The Balaban J connectivity index is 0.00000289. The van der Waals surface area contributed by atoms with Crippen molar-refractivity contribution in [2.45, 2.75) is 26.1 Å². The highest BCUT2D eigenvalue weighted by Gasteiger charge is 2.44. The molecule has 164 valence electrons. The fourth-order valence-corrected chi connectivity index (χ4v) is 7.77. The standard InChI is InChI=1S/C29H30OP.HI/c1-29(2,30-23-24-15-7-4-8-16-24)27-21-13-14-22-28(27)31(3,25-17-9-5-10-18-25)26-19-11-6-12-20-26;/h4-22H,23H2,1-3H3;1H/q+1;/p-1. The molecule has 0 bridgehead atoms. The first-order chi connectivity index (χ1) is 15.0. The molecule has 0 aliphatic rings. The van der Waals surface area contributed by atoms with Crippen LogP contribution in [-0.4, -0.2) is 6.66 Å². The zero-order chi connectivity index (χ0) is 21.7. The Morgan fingerprint density at radius 1 is 0.625 bits per heavy atom. The highest BCUT2D eigenvalue weighted by molar-refractivity contribution is 7.95. The van der Waals surface area contributed by atoms with Gasteiger partial charge in [0.15, 0.2) is 0 Å². The molecular weight excluding hydrogens is 522 g/mol. The Bertz CT molecular complexity index is 1070. The van der Waals surface area contributed by atoms with Crippen molar-refractivity contribution in [3.63, 3.8) is 0 Å². The number of ether oxygens (including phenoxy) is 1. The third kappa shape index (κ3) is 5.14. The van der Waals surface area contributed by atoms with Crippen molar-refractivity contribution < 1.29 is 28.7 Å². The van der Waals surface area contributed by atoms with Gasteiger partial charge in [0.2, 0.25) is 0 Å². The summed E-state index contributed by atoms with van der Waals surface area (Å²) in [7, 11) is -1.84. The number of hydrogen-bond acceptors (Lipinski definition) is 1. The number of halogens is 1. The molecule has 0 saturated carbocycles. The molecule has 0 radical (unpaired) electrons. The normalized spacial score (nSPS) is 11.6. The topological polar surface area (TPSA) is 9.23 Å². The minimum absolute atomic E-state index is 0. The summed E-state index contributed by atoms with van der Waals surface area (Å²) in [4.78, 5) is 0. The zero-order valence-corrected chi connectivity index (χ0v) is 22.0. The first-order valence-corrected chi connectivity index (χ1v) is 13.0. The van der Waals surface area contributed by atoms with Gasteiger partial charge in [0, 0.05) is 5.56 Å². The SMILES string of the molecule is CC(C)(OCc1ccccc1)c1ccccc1[P+](C)(c1ccccc1)c1ccccc1.[I-]. The Labute approximate surface area is 210 Å². The second kappa shape index (κ2) is 10.7. The third-order valence-electron chi connectivity index (χ3n) is 6.02. The minimum atomic E-state index is -1.84. The van der Waals surface area contributed by atoms with Crippen molar-refractivity contribution in [3.8, 4) is 0 Å². The van der Waals surface area contributed by atoms with E-state index in [-0.39, 0.29) is 24.0 Å². The van der Waals surface area contributed by atoms with Gasteiger partial charge in [0.25, 0.3) is 0 Å². The average Bonchev–Trinajstić information content (AvgIpc) is 2.84. The highest BCUT2D eigenvalue weighted by atomic mass is 127. The molecule has 0 spiro atoms. The van der Waals surface area contributed by atoms with E-state index >= 15 is 0 Å². The maximum atomic E-state index is 6.53. The molecule has 0 unspecified atom stereocenters. The Morgan fingerprint density at radius 3 is 1.59 bits per heavy atom. The lowest BCUT2D eigenvalue weighted by Gasteiger charge is -2.32. The fourth-order valence-electron chi connectivity index (χ4n) is 4.17. The maximum Gasteiger partial charge on any atom is 0.110 e. The molecule has 4 aromatic carbocycles. The van der Waals surface area contributed by atoms with Crippen molar-refractivity contribution in [1.29, 1.82) is 0 Å². The first kappa shape index (κ1) is 24.6. The number of benzene rings is 4.